The van der Waals surface area contributed by atoms with Crippen LogP contribution in [0.15, 0.2) is 24.3 Å². The van der Waals surface area contributed by atoms with Gasteiger partial charge in [0.2, 0.25) is 0 Å². The average Bonchev–Trinajstić information content (AvgIpc) is 2.06. The quantitative estimate of drug-likeness (QED) is 0.454. The van der Waals surface area contributed by atoms with Crippen molar-refractivity contribution in [2.75, 3.05) is 0 Å². The smallest absolute Gasteiger partial charge is 0.0348 e. The molecule has 6 N–H and O–H groups in total. The Kier molecular flexibility index (Phi) is 10.6. The van der Waals surface area contributed by atoms with Crippen LogP contribution < -0.4 is 22.5 Å². The Balaban J connectivity index is 0. The fourth-order valence-electron chi connectivity index (χ4n) is 1.09. The Morgan fingerprint density at radius 1 is 0.929 bits per heavy atom. The largest absolute Gasteiger partial charge is 0.271 e. The van der Waals surface area contributed by atoms with Gasteiger partial charge in [0.1, 0.15) is 0 Å². The first-order chi connectivity index (χ1) is 5.86. The maximum atomic E-state index is 5.19. The predicted molar refractivity (Wildman–Crippen MR) is 63.0 cm³/mol. The van der Waals surface area contributed by atoms with Crippen LogP contribution in [0.3, 0.4) is 0 Å². The lowest BCUT2D eigenvalue weighted by Crippen LogP contribution is -2.22. The van der Waals surface area contributed by atoms with Crippen molar-refractivity contribution in [3.8, 4) is 0 Å². The normalized spacial score (nSPS) is 8.71. The number of nitrogens with one attached hydrogen (secondary N) is 2. The molecule has 82 valence electrons. The first-order valence-corrected chi connectivity index (χ1v) is 3.81. The molecule has 0 radical (unpaired) electrons. The van der Waals surface area contributed by atoms with Gasteiger partial charge in [-0.25, -0.2) is 0 Å². The molecular formula is C8H16Cl2N4. The topological polar surface area (TPSA) is 76.1 Å². The van der Waals surface area contributed by atoms with E-state index in [-0.39, 0.29) is 24.8 Å². The van der Waals surface area contributed by atoms with Crippen molar-refractivity contribution >= 4 is 24.8 Å². The Bertz CT molecular complexity index is 223. The zero-order valence-corrected chi connectivity index (χ0v) is 9.33. The molecule has 0 amide bonds. The summed E-state index contributed by atoms with van der Waals surface area (Å²) < 4.78 is 0. The van der Waals surface area contributed by atoms with E-state index >= 15 is 0 Å². The predicted octanol–water partition coefficient (Wildman–Crippen LogP) is 0.457. The second-order valence-electron chi connectivity index (χ2n) is 2.58. The second-order valence-corrected chi connectivity index (χ2v) is 2.58. The summed E-state index contributed by atoms with van der Waals surface area (Å²) in [6, 6.07) is 8.07. The third-order valence-electron chi connectivity index (χ3n) is 1.60. The molecule has 0 atom stereocenters. The van der Waals surface area contributed by atoms with E-state index in [0.717, 1.165) is 11.1 Å². The van der Waals surface area contributed by atoms with Gasteiger partial charge in [0.15, 0.2) is 0 Å². The van der Waals surface area contributed by atoms with Crippen molar-refractivity contribution in [1.82, 2.24) is 10.9 Å². The Labute approximate surface area is 96.2 Å². The number of nitrogens with two attached hydrogens (primary N) is 2. The number of hydrazine groups is 2. The summed E-state index contributed by atoms with van der Waals surface area (Å²) in [5.41, 5.74) is 7.52. The van der Waals surface area contributed by atoms with Crippen molar-refractivity contribution in [2.45, 2.75) is 13.1 Å². The average molecular weight is 239 g/mol. The highest BCUT2D eigenvalue weighted by atomic mass is 35.5. The third kappa shape index (κ3) is 5.39. The molecule has 0 aliphatic heterocycles. The molecule has 1 aromatic carbocycles. The van der Waals surface area contributed by atoms with Crippen molar-refractivity contribution in [1.29, 1.82) is 0 Å². The molecule has 1 aromatic rings. The molecule has 0 saturated heterocycles. The first kappa shape index (κ1) is 16.1. The van der Waals surface area contributed by atoms with Gasteiger partial charge in [-0.1, -0.05) is 24.3 Å². The molecule has 0 unspecified atom stereocenters. The summed E-state index contributed by atoms with van der Waals surface area (Å²) in [7, 11) is 0. The minimum Gasteiger partial charge on any atom is -0.271 e. The lowest BCUT2D eigenvalue weighted by Gasteiger charge is -2.03. The summed E-state index contributed by atoms with van der Waals surface area (Å²) in [4.78, 5) is 0. The van der Waals surface area contributed by atoms with Crippen LogP contribution in [-0.2, 0) is 13.1 Å². The van der Waals surface area contributed by atoms with Crippen LogP contribution in [0.4, 0.5) is 0 Å². The monoisotopic (exact) mass is 238 g/mol. The molecule has 0 aromatic heterocycles. The van der Waals surface area contributed by atoms with Crippen molar-refractivity contribution in [2.24, 2.45) is 11.7 Å². The minimum absolute atomic E-state index is 0. The molecule has 0 saturated carbocycles. The Hall–Kier alpha value is -0.360. The van der Waals surface area contributed by atoms with E-state index in [2.05, 4.69) is 16.9 Å². The van der Waals surface area contributed by atoms with E-state index in [1.165, 1.54) is 0 Å². The summed E-state index contributed by atoms with van der Waals surface area (Å²) >= 11 is 0. The highest BCUT2D eigenvalue weighted by Crippen LogP contribution is 2.03. The van der Waals surface area contributed by atoms with Gasteiger partial charge in [-0.2, -0.15) is 0 Å². The van der Waals surface area contributed by atoms with E-state index in [1.54, 1.807) is 0 Å². The van der Waals surface area contributed by atoms with E-state index in [1.807, 2.05) is 18.2 Å². The van der Waals surface area contributed by atoms with Crippen molar-refractivity contribution in [3.05, 3.63) is 35.4 Å². The fraction of sp³-hybridized carbons (Fsp3) is 0.250. The molecule has 0 aliphatic rings. The van der Waals surface area contributed by atoms with Crippen LogP contribution >= 0.6 is 24.8 Å². The molecule has 0 aliphatic carbocycles. The second kappa shape index (κ2) is 9.21. The SMILES string of the molecule is Cl.Cl.NNCc1cccc(CNN)c1. The maximum Gasteiger partial charge on any atom is 0.0348 e. The number of hydrogen-bond acceptors (Lipinski definition) is 4. The summed E-state index contributed by atoms with van der Waals surface area (Å²) in [6.45, 7) is 1.36. The van der Waals surface area contributed by atoms with Gasteiger partial charge in [0.25, 0.3) is 0 Å². The summed E-state index contributed by atoms with van der Waals surface area (Å²) in [5.74, 6) is 10.4. The molecule has 0 spiro atoms. The van der Waals surface area contributed by atoms with Crippen LogP contribution in [0.1, 0.15) is 11.1 Å². The van der Waals surface area contributed by atoms with Gasteiger partial charge >= 0.3 is 0 Å². The standard InChI is InChI=1S/C8H14N4.2ClH/c9-11-5-7-2-1-3-8(4-7)6-12-10;;/h1-4,11-12H,5-6,9-10H2;2*1H. The minimum atomic E-state index is 0. The van der Waals surface area contributed by atoms with Gasteiger partial charge in [-0.05, 0) is 11.1 Å². The van der Waals surface area contributed by atoms with Gasteiger partial charge in [0.05, 0.1) is 0 Å². The van der Waals surface area contributed by atoms with Gasteiger partial charge < -0.3 is 0 Å². The summed E-state index contributed by atoms with van der Waals surface area (Å²) in [5, 5.41) is 0. The van der Waals surface area contributed by atoms with E-state index in [0.29, 0.717) is 13.1 Å². The van der Waals surface area contributed by atoms with Gasteiger partial charge in [-0.3, -0.25) is 22.5 Å². The van der Waals surface area contributed by atoms with Crippen molar-refractivity contribution in [3.63, 3.8) is 0 Å². The first-order valence-electron chi connectivity index (χ1n) is 3.81. The zero-order valence-electron chi connectivity index (χ0n) is 7.69. The number of halogens is 2. The van der Waals surface area contributed by atoms with Crippen LogP contribution in [0.5, 0.6) is 0 Å². The highest BCUT2D eigenvalue weighted by molar-refractivity contribution is 5.85. The maximum absolute atomic E-state index is 5.19. The summed E-state index contributed by atoms with van der Waals surface area (Å²) in [6.07, 6.45) is 0. The lowest BCUT2D eigenvalue weighted by molar-refractivity contribution is 0.725. The number of benzene rings is 1. The molecule has 14 heavy (non-hydrogen) atoms. The lowest BCUT2D eigenvalue weighted by atomic mass is 10.1. The third-order valence-corrected chi connectivity index (χ3v) is 1.60. The number of rotatable bonds is 4. The molecule has 0 fully saturated rings. The van der Waals surface area contributed by atoms with Gasteiger partial charge in [-0.15, -0.1) is 24.8 Å². The highest BCUT2D eigenvalue weighted by Gasteiger charge is 1.93. The molecule has 0 bridgehead atoms. The molecule has 4 nitrogen and oxygen atoms in total. The van der Waals surface area contributed by atoms with E-state index < -0.39 is 0 Å². The molecule has 6 heteroatoms. The van der Waals surface area contributed by atoms with E-state index in [4.69, 9.17) is 11.7 Å². The van der Waals surface area contributed by atoms with Crippen LogP contribution in [0.2, 0.25) is 0 Å². The van der Waals surface area contributed by atoms with E-state index in [9.17, 15) is 0 Å². The molecular weight excluding hydrogens is 223 g/mol. The van der Waals surface area contributed by atoms with Crippen LogP contribution in [0.25, 0.3) is 0 Å². The Morgan fingerprint density at radius 2 is 1.36 bits per heavy atom. The van der Waals surface area contributed by atoms with Gasteiger partial charge in [0, 0.05) is 13.1 Å². The number of hydrogen-bond donors (Lipinski definition) is 4. The fourth-order valence-corrected chi connectivity index (χ4v) is 1.09. The van der Waals surface area contributed by atoms with Crippen LogP contribution in [0, 0.1) is 0 Å². The molecule has 1 rings (SSSR count). The molecule has 0 heterocycles. The van der Waals surface area contributed by atoms with Crippen LogP contribution in [-0.4, -0.2) is 0 Å². The zero-order chi connectivity index (χ0) is 8.81. The van der Waals surface area contributed by atoms with Crippen molar-refractivity contribution < 1.29 is 0 Å². The Morgan fingerprint density at radius 3 is 1.71 bits per heavy atom.